The van der Waals surface area contributed by atoms with Crippen molar-refractivity contribution >= 4 is 21.6 Å². The molecule has 0 saturated carbocycles. The van der Waals surface area contributed by atoms with Crippen LogP contribution in [0.2, 0.25) is 0 Å². The Morgan fingerprint density at radius 3 is 2.83 bits per heavy atom. The number of hydrogen-bond acceptors (Lipinski definition) is 3. The van der Waals surface area contributed by atoms with Crippen LogP contribution in [-0.4, -0.2) is 20.9 Å². The Morgan fingerprint density at radius 2 is 2.22 bits per heavy atom. The molecule has 0 fully saturated rings. The summed E-state index contributed by atoms with van der Waals surface area (Å²) in [4.78, 5) is 13.5. The minimum atomic E-state index is -3.69. The molecule has 0 aromatic heterocycles. The standard InChI is InChI=1S/C12H14N2O3S/c1-2-3-12(15)14-7-6-9-8-10(18(13,16)17)4-5-11(9)14/h2,4-5,8H,1,3,6-7H2,(H2,13,16,17). The Bertz CT molecular complexity index is 608. The number of amides is 1. The van der Waals surface area contributed by atoms with Crippen molar-refractivity contribution in [2.45, 2.75) is 17.7 Å². The topological polar surface area (TPSA) is 80.5 Å². The quantitative estimate of drug-likeness (QED) is 0.822. The van der Waals surface area contributed by atoms with Crippen LogP contribution < -0.4 is 10.0 Å². The summed E-state index contributed by atoms with van der Waals surface area (Å²) >= 11 is 0. The molecule has 0 aliphatic carbocycles. The summed E-state index contributed by atoms with van der Waals surface area (Å²) in [6.45, 7) is 4.10. The van der Waals surface area contributed by atoms with E-state index in [9.17, 15) is 13.2 Å². The first-order chi connectivity index (χ1) is 8.43. The lowest BCUT2D eigenvalue weighted by molar-refractivity contribution is -0.117. The number of fused-ring (bicyclic) bond motifs is 1. The SMILES string of the molecule is C=CCC(=O)N1CCc2cc(S(N)(=O)=O)ccc21. The Labute approximate surface area is 106 Å². The zero-order valence-corrected chi connectivity index (χ0v) is 10.6. The molecular weight excluding hydrogens is 252 g/mol. The summed E-state index contributed by atoms with van der Waals surface area (Å²) in [6.07, 6.45) is 2.47. The predicted molar refractivity (Wildman–Crippen MR) is 68.7 cm³/mol. The van der Waals surface area contributed by atoms with E-state index in [-0.39, 0.29) is 17.2 Å². The van der Waals surface area contributed by atoms with Crippen LogP contribution >= 0.6 is 0 Å². The van der Waals surface area contributed by atoms with Gasteiger partial charge in [-0.25, -0.2) is 13.6 Å². The summed E-state index contributed by atoms with van der Waals surface area (Å²) in [5.74, 6) is -0.0351. The Balaban J connectivity index is 2.36. The Kier molecular flexibility index (Phi) is 3.23. The van der Waals surface area contributed by atoms with E-state index in [0.29, 0.717) is 13.0 Å². The van der Waals surface area contributed by atoms with E-state index in [1.807, 2.05) is 0 Å². The predicted octanol–water partition coefficient (Wildman–Crippen LogP) is 0.799. The zero-order valence-electron chi connectivity index (χ0n) is 9.80. The minimum Gasteiger partial charge on any atom is -0.312 e. The normalized spacial score (nSPS) is 14.4. The van der Waals surface area contributed by atoms with Crippen molar-refractivity contribution in [1.29, 1.82) is 0 Å². The van der Waals surface area contributed by atoms with Gasteiger partial charge in [0, 0.05) is 18.7 Å². The van der Waals surface area contributed by atoms with Gasteiger partial charge in [-0.15, -0.1) is 6.58 Å². The highest BCUT2D eigenvalue weighted by atomic mass is 32.2. The van der Waals surface area contributed by atoms with E-state index in [0.717, 1.165) is 11.3 Å². The molecule has 0 unspecified atom stereocenters. The number of sulfonamides is 1. The first-order valence-electron chi connectivity index (χ1n) is 5.50. The number of carbonyl (C=O) groups excluding carboxylic acids is 1. The number of carbonyl (C=O) groups is 1. The third-order valence-corrected chi connectivity index (χ3v) is 3.81. The maximum atomic E-state index is 11.8. The van der Waals surface area contributed by atoms with Gasteiger partial charge in [-0.2, -0.15) is 0 Å². The van der Waals surface area contributed by atoms with Crippen LogP contribution in [0.25, 0.3) is 0 Å². The smallest absolute Gasteiger partial charge is 0.238 e. The van der Waals surface area contributed by atoms with Gasteiger partial charge in [0.1, 0.15) is 0 Å². The van der Waals surface area contributed by atoms with Crippen LogP contribution in [0.15, 0.2) is 35.7 Å². The van der Waals surface area contributed by atoms with Gasteiger partial charge in [0.25, 0.3) is 0 Å². The van der Waals surface area contributed by atoms with E-state index in [4.69, 9.17) is 5.14 Å². The van der Waals surface area contributed by atoms with Crippen LogP contribution in [0, 0.1) is 0 Å². The first-order valence-corrected chi connectivity index (χ1v) is 7.05. The summed E-state index contributed by atoms with van der Waals surface area (Å²) in [5, 5.41) is 5.07. The van der Waals surface area contributed by atoms with Gasteiger partial charge < -0.3 is 4.90 Å². The Morgan fingerprint density at radius 1 is 1.50 bits per heavy atom. The molecule has 1 aliphatic rings. The Hall–Kier alpha value is -1.66. The molecule has 2 rings (SSSR count). The summed E-state index contributed by atoms with van der Waals surface area (Å²) in [6, 6.07) is 4.59. The fraction of sp³-hybridized carbons (Fsp3) is 0.250. The van der Waals surface area contributed by atoms with Crippen molar-refractivity contribution in [3.63, 3.8) is 0 Å². The monoisotopic (exact) mass is 266 g/mol. The summed E-state index contributed by atoms with van der Waals surface area (Å²) in [5.41, 5.74) is 1.59. The molecule has 1 aromatic carbocycles. The minimum absolute atomic E-state index is 0.0351. The second-order valence-electron chi connectivity index (χ2n) is 4.12. The molecule has 96 valence electrons. The molecule has 6 heteroatoms. The number of hydrogen-bond donors (Lipinski definition) is 1. The number of benzene rings is 1. The maximum Gasteiger partial charge on any atom is 0.238 e. The molecule has 0 spiro atoms. The molecule has 5 nitrogen and oxygen atoms in total. The molecule has 2 N–H and O–H groups in total. The largest absolute Gasteiger partial charge is 0.312 e. The number of nitrogens with zero attached hydrogens (tertiary/aromatic N) is 1. The van der Waals surface area contributed by atoms with Gasteiger partial charge >= 0.3 is 0 Å². The fourth-order valence-corrected chi connectivity index (χ4v) is 2.61. The highest BCUT2D eigenvalue weighted by Gasteiger charge is 2.25. The number of anilines is 1. The van der Waals surface area contributed by atoms with Crippen molar-refractivity contribution in [2.75, 3.05) is 11.4 Å². The zero-order chi connectivity index (χ0) is 13.3. The lowest BCUT2D eigenvalue weighted by atomic mass is 10.2. The van der Waals surface area contributed by atoms with E-state index in [2.05, 4.69) is 6.58 Å². The van der Waals surface area contributed by atoms with Crippen molar-refractivity contribution < 1.29 is 13.2 Å². The second-order valence-corrected chi connectivity index (χ2v) is 5.69. The lowest BCUT2D eigenvalue weighted by Crippen LogP contribution is -2.28. The molecule has 1 aliphatic heterocycles. The average Bonchev–Trinajstić information content (AvgIpc) is 2.70. The molecule has 0 atom stereocenters. The van der Waals surface area contributed by atoms with Gasteiger partial charge in [0.05, 0.1) is 4.90 Å². The summed E-state index contributed by atoms with van der Waals surface area (Å²) < 4.78 is 22.5. The highest BCUT2D eigenvalue weighted by molar-refractivity contribution is 7.89. The van der Waals surface area contributed by atoms with E-state index in [1.165, 1.54) is 12.1 Å². The number of rotatable bonds is 3. The molecule has 1 aromatic rings. The van der Waals surface area contributed by atoms with Crippen LogP contribution in [-0.2, 0) is 21.2 Å². The average molecular weight is 266 g/mol. The number of primary sulfonamides is 1. The second kappa shape index (κ2) is 4.55. The van der Waals surface area contributed by atoms with Crippen molar-refractivity contribution in [2.24, 2.45) is 5.14 Å². The van der Waals surface area contributed by atoms with Crippen molar-refractivity contribution in [1.82, 2.24) is 0 Å². The fourth-order valence-electron chi connectivity index (χ4n) is 2.05. The lowest BCUT2D eigenvalue weighted by Gasteiger charge is -2.16. The molecule has 0 radical (unpaired) electrons. The van der Waals surface area contributed by atoms with Gasteiger partial charge in [-0.1, -0.05) is 6.08 Å². The third kappa shape index (κ3) is 2.30. The molecule has 0 bridgehead atoms. The van der Waals surface area contributed by atoms with Crippen LogP contribution in [0.3, 0.4) is 0 Å². The van der Waals surface area contributed by atoms with Crippen LogP contribution in [0.4, 0.5) is 5.69 Å². The highest BCUT2D eigenvalue weighted by Crippen LogP contribution is 2.30. The van der Waals surface area contributed by atoms with Crippen molar-refractivity contribution in [3.8, 4) is 0 Å². The van der Waals surface area contributed by atoms with E-state index < -0.39 is 10.0 Å². The third-order valence-electron chi connectivity index (χ3n) is 2.90. The van der Waals surface area contributed by atoms with Crippen molar-refractivity contribution in [3.05, 3.63) is 36.4 Å². The first kappa shape index (κ1) is 12.8. The van der Waals surface area contributed by atoms with Gasteiger partial charge in [0.2, 0.25) is 15.9 Å². The molecule has 1 amide bonds. The van der Waals surface area contributed by atoms with Gasteiger partial charge in [-0.3, -0.25) is 4.79 Å². The number of nitrogens with two attached hydrogens (primary N) is 1. The van der Waals surface area contributed by atoms with E-state index >= 15 is 0 Å². The van der Waals surface area contributed by atoms with E-state index in [1.54, 1.807) is 17.0 Å². The van der Waals surface area contributed by atoms with Crippen LogP contribution in [0.1, 0.15) is 12.0 Å². The molecular formula is C12H14N2O3S. The van der Waals surface area contributed by atoms with Gasteiger partial charge in [0.15, 0.2) is 0 Å². The molecule has 0 saturated heterocycles. The molecule has 18 heavy (non-hydrogen) atoms. The summed E-state index contributed by atoms with van der Waals surface area (Å²) in [7, 11) is -3.69. The maximum absolute atomic E-state index is 11.8. The molecule has 1 heterocycles. The van der Waals surface area contributed by atoms with Gasteiger partial charge in [-0.05, 0) is 30.2 Å². The van der Waals surface area contributed by atoms with Crippen LogP contribution in [0.5, 0.6) is 0 Å².